The van der Waals surface area contributed by atoms with Crippen molar-refractivity contribution in [3.63, 3.8) is 0 Å². The highest BCUT2D eigenvalue weighted by Gasteiger charge is 1.96. The van der Waals surface area contributed by atoms with Crippen molar-refractivity contribution in [2.45, 2.75) is 6.54 Å². The Morgan fingerprint density at radius 3 is 3.11 bits per heavy atom. The number of hydrogen-bond donors (Lipinski definition) is 2. The second kappa shape index (κ2) is 2.50. The third-order valence-corrected chi connectivity index (χ3v) is 0.899. The first kappa shape index (κ1) is 6.10. The van der Waals surface area contributed by atoms with Crippen LogP contribution in [0.5, 0.6) is 0 Å². The monoisotopic (exact) mass is 127 g/mol. The summed E-state index contributed by atoms with van der Waals surface area (Å²) in [5.41, 5.74) is 5.25. The zero-order chi connectivity index (χ0) is 6.69. The van der Waals surface area contributed by atoms with E-state index in [0.717, 1.165) is 0 Å². The molecule has 0 atom stereocenters. The van der Waals surface area contributed by atoms with Crippen molar-refractivity contribution < 1.29 is 4.42 Å². The van der Waals surface area contributed by atoms with Gasteiger partial charge in [0.1, 0.15) is 0 Å². The molecule has 1 heterocycles. The molecule has 4 nitrogen and oxygen atoms in total. The Labute approximate surface area is 53.1 Å². The van der Waals surface area contributed by atoms with Crippen molar-refractivity contribution in [3.8, 4) is 0 Å². The Bertz CT molecular complexity index is 184. The maximum absolute atomic E-state index is 5.25. The van der Waals surface area contributed by atoms with Gasteiger partial charge in [0, 0.05) is 0 Å². The summed E-state index contributed by atoms with van der Waals surface area (Å²) in [5, 5.41) is 2.89. The fourth-order valence-electron chi connectivity index (χ4n) is 0.557. The highest BCUT2D eigenvalue weighted by molar-refractivity contribution is 5.17. The fourth-order valence-corrected chi connectivity index (χ4v) is 0.557. The summed E-state index contributed by atoms with van der Waals surface area (Å²) in [6.07, 6.45) is 1.49. The molecule has 0 unspecified atom stereocenters. The third kappa shape index (κ3) is 1.43. The van der Waals surface area contributed by atoms with E-state index in [1.54, 1.807) is 0 Å². The van der Waals surface area contributed by atoms with E-state index in [-0.39, 0.29) is 0 Å². The summed E-state index contributed by atoms with van der Waals surface area (Å²) >= 11 is 0. The van der Waals surface area contributed by atoms with Gasteiger partial charge in [-0.3, -0.25) is 0 Å². The van der Waals surface area contributed by atoms with Gasteiger partial charge in [-0.25, -0.2) is 4.98 Å². The standard InChI is InChI=1S/C5H9N3O/c1-7-3-5-8-2-4(6)9-5/h2,7H,3,6H2,1H3. The van der Waals surface area contributed by atoms with E-state index >= 15 is 0 Å². The van der Waals surface area contributed by atoms with Gasteiger partial charge in [-0.1, -0.05) is 0 Å². The van der Waals surface area contributed by atoms with Crippen LogP contribution >= 0.6 is 0 Å². The van der Waals surface area contributed by atoms with Crippen molar-refractivity contribution in [2.24, 2.45) is 0 Å². The van der Waals surface area contributed by atoms with Gasteiger partial charge < -0.3 is 15.5 Å². The number of rotatable bonds is 2. The first-order valence-corrected chi connectivity index (χ1v) is 2.67. The predicted molar refractivity (Wildman–Crippen MR) is 33.7 cm³/mol. The largest absolute Gasteiger partial charge is 0.424 e. The zero-order valence-corrected chi connectivity index (χ0v) is 5.22. The van der Waals surface area contributed by atoms with E-state index in [2.05, 4.69) is 10.3 Å². The minimum absolute atomic E-state index is 0.361. The van der Waals surface area contributed by atoms with E-state index < -0.39 is 0 Å². The van der Waals surface area contributed by atoms with E-state index in [4.69, 9.17) is 10.2 Å². The lowest BCUT2D eigenvalue weighted by molar-refractivity contribution is 0.494. The normalized spacial score (nSPS) is 9.89. The second-order valence-corrected chi connectivity index (χ2v) is 1.69. The molecular formula is C5H9N3O. The molecule has 0 spiro atoms. The van der Waals surface area contributed by atoms with Crippen LogP contribution in [0.1, 0.15) is 5.89 Å². The van der Waals surface area contributed by atoms with Crippen molar-refractivity contribution in [1.82, 2.24) is 10.3 Å². The molecule has 1 aromatic heterocycles. The van der Waals surface area contributed by atoms with Crippen LogP contribution in [0.25, 0.3) is 0 Å². The summed E-state index contributed by atoms with van der Waals surface area (Å²) < 4.78 is 4.93. The molecule has 0 aliphatic heterocycles. The van der Waals surface area contributed by atoms with Crippen LogP contribution in [0.4, 0.5) is 5.88 Å². The molecule has 0 aliphatic rings. The van der Waals surface area contributed by atoms with E-state index in [0.29, 0.717) is 18.3 Å². The van der Waals surface area contributed by atoms with E-state index in [1.165, 1.54) is 6.20 Å². The molecule has 0 fully saturated rings. The quantitative estimate of drug-likeness (QED) is 0.585. The van der Waals surface area contributed by atoms with Gasteiger partial charge in [-0.05, 0) is 7.05 Å². The lowest BCUT2D eigenvalue weighted by Crippen LogP contribution is -2.04. The number of nitrogens with two attached hydrogens (primary N) is 1. The Hall–Kier alpha value is -1.03. The maximum atomic E-state index is 5.25. The van der Waals surface area contributed by atoms with Gasteiger partial charge >= 0.3 is 0 Å². The van der Waals surface area contributed by atoms with Gasteiger partial charge in [-0.15, -0.1) is 0 Å². The van der Waals surface area contributed by atoms with Crippen LogP contribution in [0.3, 0.4) is 0 Å². The number of nitrogen functional groups attached to an aromatic ring is 1. The average Bonchev–Trinajstić information content (AvgIpc) is 2.17. The molecule has 0 aromatic carbocycles. The molecule has 0 radical (unpaired) electrons. The number of aromatic nitrogens is 1. The molecule has 50 valence electrons. The zero-order valence-electron chi connectivity index (χ0n) is 5.22. The lowest BCUT2D eigenvalue weighted by Gasteiger charge is -1.88. The molecule has 4 heteroatoms. The summed E-state index contributed by atoms with van der Waals surface area (Å²) in [4.78, 5) is 3.85. The van der Waals surface area contributed by atoms with Crippen molar-refractivity contribution in [3.05, 3.63) is 12.1 Å². The van der Waals surface area contributed by atoms with Crippen LogP contribution in [0.2, 0.25) is 0 Å². The van der Waals surface area contributed by atoms with Gasteiger partial charge in [0.05, 0.1) is 12.7 Å². The molecule has 0 bridgehead atoms. The van der Waals surface area contributed by atoms with Gasteiger partial charge in [-0.2, -0.15) is 0 Å². The van der Waals surface area contributed by atoms with Crippen LogP contribution in [-0.2, 0) is 6.54 Å². The summed E-state index contributed by atoms with van der Waals surface area (Å²) in [7, 11) is 1.82. The Morgan fingerprint density at radius 1 is 1.89 bits per heavy atom. The first-order valence-electron chi connectivity index (χ1n) is 2.67. The third-order valence-electron chi connectivity index (χ3n) is 0.899. The Morgan fingerprint density at radius 2 is 2.67 bits per heavy atom. The van der Waals surface area contributed by atoms with E-state index in [9.17, 15) is 0 Å². The molecule has 0 amide bonds. The highest BCUT2D eigenvalue weighted by Crippen LogP contribution is 2.02. The minimum atomic E-state index is 0.361. The Balaban J connectivity index is 2.61. The van der Waals surface area contributed by atoms with Crippen LogP contribution in [0.15, 0.2) is 10.6 Å². The van der Waals surface area contributed by atoms with Gasteiger partial charge in [0.15, 0.2) is 0 Å². The average molecular weight is 127 g/mol. The smallest absolute Gasteiger partial charge is 0.211 e. The number of anilines is 1. The second-order valence-electron chi connectivity index (χ2n) is 1.69. The maximum Gasteiger partial charge on any atom is 0.211 e. The summed E-state index contributed by atoms with van der Waals surface area (Å²) in [6, 6.07) is 0. The van der Waals surface area contributed by atoms with Gasteiger partial charge in [0.25, 0.3) is 0 Å². The Kier molecular flexibility index (Phi) is 1.69. The minimum Gasteiger partial charge on any atom is -0.424 e. The summed E-state index contributed by atoms with van der Waals surface area (Å²) in [5.74, 6) is 0.982. The predicted octanol–water partition coefficient (Wildman–Crippen LogP) is -0.0238. The lowest BCUT2D eigenvalue weighted by atomic mass is 10.6. The van der Waals surface area contributed by atoms with Crippen LogP contribution < -0.4 is 11.1 Å². The van der Waals surface area contributed by atoms with Gasteiger partial charge in [0.2, 0.25) is 11.8 Å². The summed E-state index contributed by atoms with van der Waals surface area (Å²) in [6.45, 7) is 0.622. The molecule has 3 N–H and O–H groups in total. The highest BCUT2D eigenvalue weighted by atomic mass is 16.4. The van der Waals surface area contributed by atoms with Crippen molar-refractivity contribution >= 4 is 5.88 Å². The fraction of sp³-hybridized carbons (Fsp3) is 0.400. The van der Waals surface area contributed by atoms with Crippen LogP contribution in [0, 0.1) is 0 Å². The molecule has 1 aromatic rings. The molecular weight excluding hydrogens is 118 g/mol. The topological polar surface area (TPSA) is 64.1 Å². The molecule has 0 aliphatic carbocycles. The molecule has 0 saturated carbocycles. The van der Waals surface area contributed by atoms with Crippen molar-refractivity contribution in [1.29, 1.82) is 0 Å². The van der Waals surface area contributed by atoms with Crippen molar-refractivity contribution in [2.75, 3.05) is 12.8 Å². The SMILES string of the molecule is CNCc1ncc(N)o1. The number of nitrogens with zero attached hydrogens (tertiary/aromatic N) is 1. The molecule has 9 heavy (non-hydrogen) atoms. The number of nitrogens with one attached hydrogen (secondary N) is 1. The number of oxazole rings is 1. The van der Waals surface area contributed by atoms with Crippen LogP contribution in [-0.4, -0.2) is 12.0 Å². The molecule has 1 rings (SSSR count). The molecule has 0 saturated heterocycles. The number of hydrogen-bond acceptors (Lipinski definition) is 4. The first-order chi connectivity index (χ1) is 4.33. The van der Waals surface area contributed by atoms with E-state index in [1.807, 2.05) is 7.05 Å².